The van der Waals surface area contributed by atoms with Crippen molar-refractivity contribution in [2.75, 3.05) is 13.6 Å². The summed E-state index contributed by atoms with van der Waals surface area (Å²) in [4.78, 5) is 0. The van der Waals surface area contributed by atoms with Crippen LogP contribution in [0, 0.1) is 0 Å². The Morgan fingerprint density at radius 2 is 1.50 bits per heavy atom. The summed E-state index contributed by atoms with van der Waals surface area (Å²) < 4.78 is 21.3. The highest BCUT2D eigenvalue weighted by Gasteiger charge is 2.13. The maximum absolute atomic E-state index is 5.36. The summed E-state index contributed by atoms with van der Waals surface area (Å²) in [7, 11) is 0. The molecule has 2 aromatic rings. The average molecular weight is 297 g/mol. The number of rotatable bonds is 4. The molecule has 2 aliphatic heterocycles. The van der Waals surface area contributed by atoms with Gasteiger partial charge in [0, 0.05) is 6.54 Å². The van der Waals surface area contributed by atoms with Crippen LogP contribution in [-0.2, 0) is 6.54 Å². The van der Waals surface area contributed by atoms with E-state index in [1.807, 2.05) is 48.7 Å². The van der Waals surface area contributed by atoms with Crippen molar-refractivity contribution in [3.63, 3.8) is 0 Å². The fourth-order valence-electron chi connectivity index (χ4n) is 2.40. The predicted molar refractivity (Wildman–Crippen MR) is 81.0 cm³/mol. The zero-order chi connectivity index (χ0) is 14.8. The van der Waals surface area contributed by atoms with Gasteiger partial charge in [0.15, 0.2) is 23.0 Å². The normalized spacial score (nSPS) is 14.5. The van der Waals surface area contributed by atoms with Gasteiger partial charge < -0.3 is 24.3 Å². The highest BCUT2D eigenvalue weighted by atomic mass is 16.7. The first-order valence-electron chi connectivity index (χ1n) is 7.07. The summed E-state index contributed by atoms with van der Waals surface area (Å²) in [5.74, 6) is 3.20. The van der Waals surface area contributed by atoms with Crippen LogP contribution in [0.25, 0.3) is 6.08 Å². The largest absolute Gasteiger partial charge is 0.454 e. The van der Waals surface area contributed by atoms with Crippen molar-refractivity contribution in [3.05, 3.63) is 53.7 Å². The van der Waals surface area contributed by atoms with Gasteiger partial charge in [-0.25, -0.2) is 0 Å². The third-order valence-electron chi connectivity index (χ3n) is 3.53. The van der Waals surface area contributed by atoms with Crippen LogP contribution in [0.3, 0.4) is 0 Å². The van der Waals surface area contributed by atoms with Gasteiger partial charge in [0.1, 0.15) is 0 Å². The zero-order valence-corrected chi connectivity index (χ0v) is 11.9. The first-order chi connectivity index (χ1) is 10.9. The molecule has 0 fully saturated rings. The van der Waals surface area contributed by atoms with E-state index in [4.69, 9.17) is 18.9 Å². The Kier molecular flexibility index (Phi) is 3.23. The van der Waals surface area contributed by atoms with Crippen LogP contribution in [-0.4, -0.2) is 13.6 Å². The molecule has 2 aromatic carbocycles. The Hall–Kier alpha value is -2.82. The molecule has 0 aromatic heterocycles. The molecular weight excluding hydrogens is 282 g/mol. The van der Waals surface area contributed by atoms with Gasteiger partial charge in [-0.1, -0.05) is 12.1 Å². The van der Waals surface area contributed by atoms with Crippen LogP contribution in [0.1, 0.15) is 11.1 Å². The van der Waals surface area contributed by atoms with Gasteiger partial charge in [-0.3, -0.25) is 0 Å². The van der Waals surface area contributed by atoms with Crippen molar-refractivity contribution in [3.8, 4) is 23.0 Å². The summed E-state index contributed by atoms with van der Waals surface area (Å²) in [6.07, 6.45) is 3.91. The molecule has 0 bridgehead atoms. The van der Waals surface area contributed by atoms with E-state index in [9.17, 15) is 0 Å². The average Bonchev–Trinajstić information content (AvgIpc) is 3.19. The van der Waals surface area contributed by atoms with Gasteiger partial charge in [0.05, 0.1) is 0 Å². The molecule has 0 saturated heterocycles. The van der Waals surface area contributed by atoms with Crippen molar-refractivity contribution in [2.45, 2.75) is 6.54 Å². The van der Waals surface area contributed by atoms with E-state index in [1.54, 1.807) is 0 Å². The highest BCUT2D eigenvalue weighted by molar-refractivity contribution is 5.56. The van der Waals surface area contributed by atoms with Gasteiger partial charge in [-0.2, -0.15) is 0 Å². The Morgan fingerprint density at radius 3 is 2.32 bits per heavy atom. The molecule has 0 aliphatic carbocycles. The molecule has 0 saturated carbocycles. The van der Waals surface area contributed by atoms with Crippen LogP contribution >= 0.6 is 0 Å². The Labute approximate surface area is 128 Å². The molecule has 5 nitrogen and oxygen atoms in total. The van der Waals surface area contributed by atoms with Gasteiger partial charge in [-0.15, -0.1) is 0 Å². The minimum absolute atomic E-state index is 0.296. The first kappa shape index (κ1) is 12.9. The van der Waals surface area contributed by atoms with Crippen LogP contribution in [0.4, 0.5) is 0 Å². The third kappa shape index (κ3) is 2.53. The summed E-state index contributed by atoms with van der Waals surface area (Å²) in [6, 6.07) is 11.8. The van der Waals surface area contributed by atoms with E-state index in [1.165, 1.54) is 0 Å². The van der Waals surface area contributed by atoms with Crippen molar-refractivity contribution in [1.82, 2.24) is 5.32 Å². The quantitative estimate of drug-likeness (QED) is 0.940. The van der Waals surface area contributed by atoms with E-state index < -0.39 is 0 Å². The van der Waals surface area contributed by atoms with Gasteiger partial charge in [0.25, 0.3) is 0 Å². The maximum Gasteiger partial charge on any atom is 0.231 e. The highest BCUT2D eigenvalue weighted by Crippen LogP contribution is 2.33. The van der Waals surface area contributed by atoms with E-state index in [-0.39, 0.29) is 0 Å². The van der Waals surface area contributed by atoms with Crippen LogP contribution in [0.2, 0.25) is 0 Å². The first-order valence-corrected chi connectivity index (χ1v) is 7.07. The number of fused-ring (bicyclic) bond motifs is 2. The molecule has 22 heavy (non-hydrogen) atoms. The number of hydrogen-bond donors (Lipinski definition) is 1. The summed E-state index contributed by atoms with van der Waals surface area (Å²) in [6.45, 7) is 1.32. The monoisotopic (exact) mass is 297 g/mol. The molecule has 5 heteroatoms. The second kappa shape index (κ2) is 5.52. The minimum atomic E-state index is 0.296. The molecule has 2 heterocycles. The summed E-state index contributed by atoms with van der Waals surface area (Å²) in [5, 5.41) is 3.26. The van der Waals surface area contributed by atoms with Crippen molar-refractivity contribution >= 4 is 6.08 Å². The lowest BCUT2D eigenvalue weighted by Crippen LogP contribution is -2.03. The number of nitrogens with one attached hydrogen (secondary N) is 1. The van der Waals surface area contributed by atoms with Gasteiger partial charge in [0.2, 0.25) is 13.6 Å². The zero-order valence-electron chi connectivity index (χ0n) is 11.9. The molecule has 112 valence electrons. The van der Waals surface area contributed by atoms with Crippen molar-refractivity contribution < 1.29 is 18.9 Å². The number of hydrogen-bond acceptors (Lipinski definition) is 5. The van der Waals surface area contributed by atoms with Crippen LogP contribution in [0.15, 0.2) is 42.6 Å². The fourth-order valence-corrected chi connectivity index (χ4v) is 2.40. The Balaban J connectivity index is 1.36. The molecule has 0 atom stereocenters. The standard InChI is InChI=1S/C17H15NO4/c1-3-14-16(21-10-19-14)7-12(1)5-6-18-9-13-2-4-15-17(8-13)22-11-20-15/h1-8,18H,9-11H2/b6-5+. The van der Waals surface area contributed by atoms with E-state index in [0.717, 1.165) is 40.7 Å². The second-order valence-corrected chi connectivity index (χ2v) is 5.01. The van der Waals surface area contributed by atoms with Crippen LogP contribution in [0.5, 0.6) is 23.0 Å². The SMILES string of the molecule is C(=C\c1ccc2c(c1)OCO2)/NCc1ccc2c(c1)OCO2. The molecule has 0 radical (unpaired) electrons. The molecule has 0 unspecified atom stereocenters. The maximum atomic E-state index is 5.36. The molecule has 0 spiro atoms. The smallest absolute Gasteiger partial charge is 0.231 e. The minimum Gasteiger partial charge on any atom is -0.454 e. The number of benzene rings is 2. The van der Waals surface area contributed by atoms with E-state index >= 15 is 0 Å². The molecule has 4 rings (SSSR count). The molecular formula is C17H15NO4. The van der Waals surface area contributed by atoms with Crippen molar-refractivity contribution in [2.24, 2.45) is 0 Å². The molecule has 0 amide bonds. The Bertz CT molecular complexity index is 727. The molecule has 1 N–H and O–H groups in total. The van der Waals surface area contributed by atoms with Gasteiger partial charge >= 0.3 is 0 Å². The lowest BCUT2D eigenvalue weighted by molar-refractivity contribution is 0.173. The van der Waals surface area contributed by atoms with Crippen LogP contribution < -0.4 is 24.3 Å². The fraction of sp³-hybridized carbons (Fsp3) is 0.176. The topological polar surface area (TPSA) is 49.0 Å². The van der Waals surface area contributed by atoms with E-state index in [0.29, 0.717) is 13.6 Å². The Morgan fingerprint density at radius 1 is 0.818 bits per heavy atom. The summed E-state index contributed by atoms with van der Waals surface area (Å²) >= 11 is 0. The van der Waals surface area contributed by atoms with E-state index in [2.05, 4.69) is 5.32 Å². The van der Waals surface area contributed by atoms with Gasteiger partial charge in [-0.05, 0) is 47.7 Å². The lowest BCUT2D eigenvalue weighted by Gasteiger charge is -2.03. The predicted octanol–water partition coefficient (Wildman–Crippen LogP) is 2.90. The molecule has 2 aliphatic rings. The second-order valence-electron chi connectivity index (χ2n) is 5.01. The summed E-state index contributed by atoms with van der Waals surface area (Å²) in [5.41, 5.74) is 2.20. The lowest BCUT2D eigenvalue weighted by atomic mass is 10.2. The van der Waals surface area contributed by atoms with Crippen molar-refractivity contribution in [1.29, 1.82) is 0 Å². The third-order valence-corrected chi connectivity index (χ3v) is 3.53. The number of ether oxygens (including phenoxy) is 4.